The first-order valence-electron chi connectivity index (χ1n) is 6.85. The number of ether oxygens (including phenoxy) is 1. The first kappa shape index (κ1) is 15.0. The summed E-state index contributed by atoms with van der Waals surface area (Å²) in [7, 11) is 0. The molecular formula is C17H17FN2O. The summed E-state index contributed by atoms with van der Waals surface area (Å²) in [6, 6.07) is 13.8. The van der Waals surface area contributed by atoms with Gasteiger partial charge in [0.05, 0.1) is 11.6 Å². The zero-order valence-corrected chi connectivity index (χ0v) is 12.1. The second kappa shape index (κ2) is 6.87. The summed E-state index contributed by atoms with van der Waals surface area (Å²) in [5.41, 5.74) is 1.42. The van der Waals surface area contributed by atoms with Crippen LogP contribution in [-0.2, 0) is 0 Å². The van der Waals surface area contributed by atoms with Crippen LogP contribution in [0, 0.1) is 17.1 Å². The van der Waals surface area contributed by atoms with Gasteiger partial charge in [-0.15, -0.1) is 0 Å². The molecule has 4 heteroatoms. The third-order valence-electron chi connectivity index (χ3n) is 3.18. The second-order valence-corrected chi connectivity index (χ2v) is 4.71. The molecule has 0 aliphatic carbocycles. The third kappa shape index (κ3) is 3.80. The minimum absolute atomic E-state index is 0.112. The van der Waals surface area contributed by atoms with Gasteiger partial charge in [-0.2, -0.15) is 5.26 Å². The van der Waals surface area contributed by atoms with E-state index in [1.54, 1.807) is 12.1 Å². The molecule has 0 heterocycles. The highest BCUT2D eigenvalue weighted by Crippen LogP contribution is 2.26. The van der Waals surface area contributed by atoms with Crippen molar-refractivity contribution in [2.45, 2.75) is 19.9 Å². The molecule has 0 fully saturated rings. The zero-order valence-electron chi connectivity index (χ0n) is 12.1. The van der Waals surface area contributed by atoms with Crippen LogP contribution in [0.5, 0.6) is 11.5 Å². The Hall–Kier alpha value is -2.38. The third-order valence-corrected chi connectivity index (χ3v) is 3.18. The number of hydrogen-bond donors (Lipinski definition) is 1. The van der Waals surface area contributed by atoms with Crippen molar-refractivity contribution < 1.29 is 9.13 Å². The molecule has 0 aliphatic rings. The van der Waals surface area contributed by atoms with E-state index >= 15 is 0 Å². The SMILES string of the molecule is CCNC(C)c1ccc(Oc2ccc(C#N)cc2F)cc1. The molecule has 0 spiro atoms. The minimum atomic E-state index is -0.542. The van der Waals surface area contributed by atoms with Crippen molar-refractivity contribution in [2.75, 3.05) is 6.54 Å². The van der Waals surface area contributed by atoms with Crippen LogP contribution in [0.2, 0.25) is 0 Å². The molecule has 0 radical (unpaired) electrons. The van der Waals surface area contributed by atoms with Crippen molar-refractivity contribution >= 4 is 0 Å². The van der Waals surface area contributed by atoms with Gasteiger partial charge in [-0.1, -0.05) is 19.1 Å². The zero-order chi connectivity index (χ0) is 15.2. The van der Waals surface area contributed by atoms with E-state index < -0.39 is 5.82 Å². The van der Waals surface area contributed by atoms with Crippen molar-refractivity contribution in [3.05, 3.63) is 59.4 Å². The summed E-state index contributed by atoms with van der Waals surface area (Å²) >= 11 is 0. The Labute approximate surface area is 124 Å². The summed E-state index contributed by atoms with van der Waals surface area (Å²) in [5.74, 6) is 0.131. The van der Waals surface area contributed by atoms with E-state index in [-0.39, 0.29) is 17.4 Å². The van der Waals surface area contributed by atoms with Gasteiger partial charge in [0, 0.05) is 6.04 Å². The second-order valence-electron chi connectivity index (χ2n) is 4.71. The Balaban J connectivity index is 2.12. The largest absolute Gasteiger partial charge is 0.454 e. The first-order valence-corrected chi connectivity index (χ1v) is 6.85. The van der Waals surface area contributed by atoms with Crippen molar-refractivity contribution in [1.29, 1.82) is 5.26 Å². The number of nitrogens with zero attached hydrogens (tertiary/aromatic N) is 1. The molecule has 0 aromatic heterocycles. The van der Waals surface area contributed by atoms with Gasteiger partial charge in [-0.3, -0.25) is 0 Å². The predicted molar refractivity (Wildman–Crippen MR) is 79.7 cm³/mol. The predicted octanol–water partition coefficient (Wildman–Crippen LogP) is 4.16. The van der Waals surface area contributed by atoms with Crippen LogP contribution in [0.15, 0.2) is 42.5 Å². The minimum Gasteiger partial charge on any atom is -0.454 e. The first-order chi connectivity index (χ1) is 10.1. The number of nitrogens with one attached hydrogen (secondary N) is 1. The number of halogens is 1. The van der Waals surface area contributed by atoms with Crippen molar-refractivity contribution in [3.63, 3.8) is 0 Å². The summed E-state index contributed by atoms with van der Waals surface area (Å²) in [4.78, 5) is 0. The van der Waals surface area contributed by atoms with Gasteiger partial charge in [0.1, 0.15) is 5.75 Å². The fraction of sp³-hybridized carbons (Fsp3) is 0.235. The lowest BCUT2D eigenvalue weighted by Gasteiger charge is -2.13. The van der Waals surface area contributed by atoms with Crippen molar-refractivity contribution in [1.82, 2.24) is 5.32 Å². The lowest BCUT2D eigenvalue weighted by Crippen LogP contribution is -2.17. The standard InChI is InChI=1S/C17H17FN2O/c1-3-20-12(2)14-5-7-15(8-6-14)21-17-9-4-13(11-19)10-16(17)18/h4-10,12,20H,3H2,1-2H3. The molecule has 0 saturated carbocycles. The molecule has 1 N–H and O–H groups in total. The molecule has 2 aromatic carbocycles. The molecule has 2 rings (SSSR count). The van der Waals surface area contributed by atoms with Gasteiger partial charge >= 0.3 is 0 Å². The van der Waals surface area contributed by atoms with Crippen LogP contribution in [0.25, 0.3) is 0 Å². The Morgan fingerprint density at radius 1 is 1.24 bits per heavy atom. The molecule has 21 heavy (non-hydrogen) atoms. The maximum Gasteiger partial charge on any atom is 0.167 e. The summed E-state index contributed by atoms with van der Waals surface area (Å²) in [5, 5.41) is 12.0. The monoisotopic (exact) mass is 284 g/mol. The Morgan fingerprint density at radius 2 is 1.95 bits per heavy atom. The highest BCUT2D eigenvalue weighted by molar-refractivity contribution is 5.39. The van der Waals surface area contributed by atoms with Crippen LogP contribution < -0.4 is 10.1 Å². The maximum absolute atomic E-state index is 13.7. The van der Waals surface area contributed by atoms with E-state index in [1.165, 1.54) is 12.1 Å². The molecular weight excluding hydrogens is 267 g/mol. The number of benzene rings is 2. The molecule has 108 valence electrons. The van der Waals surface area contributed by atoms with Gasteiger partial charge in [0.15, 0.2) is 11.6 Å². The summed E-state index contributed by atoms with van der Waals surface area (Å²) < 4.78 is 19.2. The lowest BCUT2D eigenvalue weighted by atomic mass is 10.1. The summed E-state index contributed by atoms with van der Waals surface area (Å²) in [6.45, 7) is 5.04. The van der Waals surface area contributed by atoms with Gasteiger partial charge in [0.25, 0.3) is 0 Å². The molecule has 1 atom stereocenters. The molecule has 0 bridgehead atoms. The fourth-order valence-electron chi connectivity index (χ4n) is 2.03. The van der Waals surface area contributed by atoms with Crippen LogP contribution in [0.4, 0.5) is 4.39 Å². The Morgan fingerprint density at radius 3 is 2.52 bits per heavy atom. The molecule has 0 amide bonds. The molecule has 1 unspecified atom stereocenters. The van der Waals surface area contributed by atoms with E-state index in [9.17, 15) is 4.39 Å². The van der Waals surface area contributed by atoms with Gasteiger partial charge in [0.2, 0.25) is 0 Å². The Kier molecular flexibility index (Phi) is 4.91. The normalized spacial score (nSPS) is 11.7. The van der Waals surface area contributed by atoms with Crippen molar-refractivity contribution in [3.8, 4) is 17.6 Å². The highest BCUT2D eigenvalue weighted by atomic mass is 19.1. The van der Waals surface area contributed by atoms with Gasteiger partial charge in [-0.25, -0.2) is 4.39 Å². The van der Waals surface area contributed by atoms with E-state index in [0.717, 1.165) is 18.2 Å². The van der Waals surface area contributed by atoms with Crippen molar-refractivity contribution in [2.24, 2.45) is 0 Å². The van der Waals surface area contributed by atoms with E-state index in [0.29, 0.717) is 5.75 Å². The molecule has 2 aromatic rings. The average molecular weight is 284 g/mol. The van der Waals surface area contributed by atoms with Crippen LogP contribution in [-0.4, -0.2) is 6.54 Å². The molecule has 0 saturated heterocycles. The number of nitriles is 1. The van der Waals surface area contributed by atoms with Crippen LogP contribution >= 0.6 is 0 Å². The van der Waals surface area contributed by atoms with E-state index in [4.69, 9.17) is 10.00 Å². The average Bonchev–Trinajstić information content (AvgIpc) is 2.50. The lowest BCUT2D eigenvalue weighted by molar-refractivity contribution is 0.441. The Bertz CT molecular complexity index is 647. The van der Waals surface area contributed by atoms with Gasteiger partial charge < -0.3 is 10.1 Å². The number of hydrogen-bond acceptors (Lipinski definition) is 3. The van der Waals surface area contributed by atoms with Crippen LogP contribution in [0.1, 0.15) is 31.0 Å². The van der Waals surface area contributed by atoms with Gasteiger partial charge in [-0.05, 0) is 49.4 Å². The smallest absolute Gasteiger partial charge is 0.167 e. The summed E-state index contributed by atoms with van der Waals surface area (Å²) in [6.07, 6.45) is 0. The quantitative estimate of drug-likeness (QED) is 0.896. The fourth-order valence-corrected chi connectivity index (χ4v) is 2.03. The van der Waals surface area contributed by atoms with E-state index in [2.05, 4.69) is 19.2 Å². The van der Waals surface area contributed by atoms with E-state index in [1.807, 2.05) is 18.2 Å². The maximum atomic E-state index is 13.7. The highest BCUT2D eigenvalue weighted by Gasteiger charge is 2.07. The topological polar surface area (TPSA) is 45.0 Å². The molecule has 3 nitrogen and oxygen atoms in total. The van der Waals surface area contributed by atoms with Crippen LogP contribution in [0.3, 0.4) is 0 Å². The molecule has 0 aliphatic heterocycles. The number of rotatable bonds is 5.